The van der Waals surface area contributed by atoms with E-state index in [0.717, 1.165) is 6.26 Å². The number of nitrogens with one attached hydrogen (secondary N) is 1. The molecule has 1 aromatic heterocycles. The number of rotatable bonds is 2. The van der Waals surface area contributed by atoms with E-state index in [0.29, 0.717) is 4.73 Å². The summed E-state index contributed by atoms with van der Waals surface area (Å²) in [5.41, 5.74) is -0.661. The van der Waals surface area contributed by atoms with Gasteiger partial charge in [-0.25, -0.2) is 13.1 Å². The molecule has 106 valence electrons. The number of hydrogen-bond donors (Lipinski definition) is 1. The van der Waals surface area contributed by atoms with Gasteiger partial charge in [0.1, 0.15) is 5.52 Å². The first-order valence-electron chi connectivity index (χ1n) is 5.49. The molecule has 1 heterocycles. The van der Waals surface area contributed by atoms with E-state index in [-0.39, 0.29) is 21.2 Å². The molecule has 0 aliphatic rings. The summed E-state index contributed by atoms with van der Waals surface area (Å²) in [6, 6.07) is 5.91. The normalized spacial score (nSPS) is 11.5. The first-order valence-corrected chi connectivity index (χ1v) is 7.38. The maximum atomic E-state index is 12.1. The first kappa shape index (κ1) is 14.0. The zero-order valence-electron chi connectivity index (χ0n) is 10.7. The number of fused-ring (bicyclic) bond motifs is 1. The molecular formula is C11H11N3O5S. The van der Waals surface area contributed by atoms with Crippen LogP contribution in [-0.4, -0.2) is 25.3 Å². The molecule has 1 amide bonds. The molecule has 0 atom stereocenters. The molecule has 8 nitrogen and oxygen atoms in total. The lowest BCUT2D eigenvalue weighted by atomic mass is 10.2. The third-order valence-electron chi connectivity index (χ3n) is 2.66. The van der Waals surface area contributed by atoms with Crippen LogP contribution in [-0.2, 0) is 10.0 Å². The molecule has 0 fully saturated rings. The van der Waals surface area contributed by atoms with E-state index in [1.54, 1.807) is 10.8 Å². The van der Waals surface area contributed by atoms with Crippen LogP contribution in [0, 0.1) is 17.0 Å². The quantitative estimate of drug-likeness (QED) is 0.777. The van der Waals surface area contributed by atoms with E-state index >= 15 is 0 Å². The molecule has 0 unspecified atom stereocenters. The van der Waals surface area contributed by atoms with Gasteiger partial charge < -0.3 is 9.94 Å². The summed E-state index contributed by atoms with van der Waals surface area (Å²) in [6.07, 6.45) is 0.779. The van der Waals surface area contributed by atoms with Crippen molar-refractivity contribution in [2.45, 2.75) is 6.92 Å². The van der Waals surface area contributed by atoms with Crippen molar-refractivity contribution in [1.29, 1.82) is 0 Å². The van der Waals surface area contributed by atoms with Crippen molar-refractivity contribution < 1.29 is 17.6 Å². The van der Waals surface area contributed by atoms with E-state index in [1.807, 2.05) is 0 Å². The predicted molar refractivity (Wildman–Crippen MR) is 71.1 cm³/mol. The van der Waals surface area contributed by atoms with Crippen LogP contribution in [0.5, 0.6) is 0 Å². The van der Waals surface area contributed by atoms with E-state index in [9.17, 15) is 23.3 Å². The van der Waals surface area contributed by atoms with Gasteiger partial charge in [-0.1, -0.05) is 12.1 Å². The molecule has 2 aromatic rings. The van der Waals surface area contributed by atoms with E-state index in [1.165, 1.54) is 25.1 Å². The van der Waals surface area contributed by atoms with Gasteiger partial charge in [-0.2, -0.15) is 0 Å². The second-order valence-electron chi connectivity index (χ2n) is 4.21. The van der Waals surface area contributed by atoms with E-state index in [2.05, 4.69) is 0 Å². The molecule has 1 N–H and O–H groups in total. The van der Waals surface area contributed by atoms with Gasteiger partial charge in [0.2, 0.25) is 10.0 Å². The van der Waals surface area contributed by atoms with Crippen molar-refractivity contribution in [3.8, 4) is 0 Å². The van der Waals surface area contributed by atoms with Gasteiger partial charge in [0, 0.05) is 11.0 Å². The van der Waals surface area contributed by atoms with Gasteiger partial charge in [0.05, 0.1) is 16.4 Å². The Morgan fingerprint density at radius 1 is 1.35 bits per heavy atom. The molecule has 1 aromatic carbocycles. The first-order chi connectivity index (χ1) is 9.22. The molecule has 2 rings (SSSR count). The third-order valence-corrected chi connectivity index (χ3v) is 3.22. The highest BCUT2D eigenvalue weighted by atomic mass is 32.2. The van der Waals surface area contributed by atoms with Crippen LogP contribution in [0.15, 0.2) is 24.3 Å². The molecule has 0 saturated carbocycles. The van der Waals surface area contributed by atoms with Gasteiger partial charge in [-0.05, 0) is 13.0 Å². The van der Waals surface area contributed by atoms with Crippen molar-refractivity contribution >= 4 is 27.0 Å². The third kappa shape index (κ3) is 2.35. The van der Waals surface area contributed by atoms with E-state index in [4.69, 9.17) is 0 Å². The Morgan fingerprint density at radius 2 is 1.95 bits per heavy atom. The lowest BCUT2D eigenvalue weighted by Gasteiger charge is -2.15. The second-order valence-corrected chi connectivity index (χ2v) is 5.96. The fourth-order valence-corrected chi connectivity index (χ4v) is 2.26. The highest BCUT2D eigenvalue weighted by Crippen LogP contribution is 2.13. The highest BCUT2D eigenvalue weighted by Gasteiger charge is 2.28. The largest absolute Gasteiger partial charge is 0.805 e. The Balaban J connectivity index is 2.78. The Morgan fingerprint density at radius 3 is 2.55 bits per heavy atom. The van der Waals surface area contributed by atoms with Crippen LogP contribution in [0.3, 0.4) is 0 Å². The summed E-state index contributed by atoms with van der Waals surface area (Å²) >= 11 is 0. The lowest BCUT2D eigenvalue weighted by Crippen LogP contribution is -2.39. The SMILES string of the molecule is Cc1c(C(=O)NS(C)(=O)=O)[n+](=O)c2ccccc2n1[O-]. The number of benzene rings is 1. The fraction of sp³-hybridized carbons (Fsp3) is 0.182. The fourth-order valence-electron chi connectivity index (χ4n) is 1.83. The highest BCUT2D eigenvalue weighted by molar-refractivity contribution is 7.89. The Hall–Kier alpha value is -2.42. The van der Waals surface area contributed by atoms with Gasteiger partial charge >= 0.3 is 11.6 Å². The van der Waals surface area contributed by atoms with Crippen LogP contribution in [0.2, 0.25) is 0 Å². The average Bonchev–Trinajstić information content (AvgIpc) is 2.34. The van der Waals surface area contributed by atoms with Gasteiger partial charge in [0.15, 0.2) is 0 Å². The Kier molecular flexibility index (Phi) is 3.22. The number of aromatic nitrogens is 2. The topological polar surface area (TPSA) is 114 Å². The maximum absolute atomic E-state index is 12.1. The summed E-state index contributed by atoms with van der Waals surface area (Å²) in [6.45, 7) is 1.27. The summed E-state index contributed by atoms with van der Waals surface area (Å²) < 4.78 is 24.5. The lowest BCUT2D eigenvalue weighted by molar-refractivity contribution is -0.468. The minimum Gasteiger partial charge on any atom is -0.805 e. The number of hydrogen-bond acceptors (Lipinski definition) is 5. The minimum absolute atomic E-state index is 0.0215. The minimum atomic E-state index is -3.83. The van der Waals surface area contributed by atoms with Gasteiger partial charge in [-0.3, -0.25) is 4.79 Å². The number of amides is 1. The molecular weight excluding hydrogens is 286 g/mol. The molecule has 0 radical (unpaired) electrons. The van der Waals surface area contributed by atoms with Crippen molar-refractivity contribution in [3.63, 3.8) is 0 Å². The van der Waals surface area contributed by atoms with E-state index < -0.39 is 21.6 Å². The number of carbonyl (C=O) groups excluding carboxylic acids is 1. The number of para-hydroxylation sites is 2. The average molecular weight is 297 g/mol. The molecule has 0 aliphatic carbocycles. The molecule has 0 spiro atoms. The Labute approximate surface area is 113 Å². The van der Waals surface area contributed by atoms with Crippen molar-refractivity contribution in [3.05, 3.63) is 45.8 Å². The number of carbonyl (C=O) groups is 1. The molecule has 0 bridgehead atoms. The zero-order chi connectivity index (χ0) is 15.1. The summed E-state index contributed by atoms with van der Waals surface area (Å²) in [5, 5.41) is 12.0. The van der Waals surface area contributed by atoms with Crippen LogP contribution < -0.4 is 9.15 Å². The molecule has 0 aliphatic heterocycles. The van der Waals surface area contributed by atoms with Crippen molar-refractivity contribution in [2.24, 2.45) is 0 Å². The molecule has 0 saturated heterocycles. The summed E-state index contributed by atoms with van der Waals surface area (Å²) in [7, 11) is -3.83. The predicted octanol–water partition coefficient (Wildman–Crippen LogP) is -0.100. The summed E-state index contributed by atoms with van der Waals surface area (Å²) in [4.78, 5) is 24.0. The monoisotopic (exact) mass is 297 g/mol. The molecule has 9 heteroatoms. The molecule has 20 heavy (non-hydrogen) atoms. The smallest absolute Gasteiger partial charge is 0.347 e. The number of sulfonamides is 1. The van der Waals surface area contributed by atoms with Crippen LogP contribution in [0.4, 0.5) is 0 Å². The van der Waals surface area contributed by atoms with Crippen LogP contribution in [0.1, 0.15) is 16.2 Å². The van der Waals surface area contributed by atoms with Gasteiger partial charge in [-0.15, -0.1) is 0 Å². The summed E-state index contributed by atoms with van der Waals surface area (Å²) in [5.74, 6) is -1.14. The standard InChI is InChI=1S/C11H11N3O5S/c1-7-10(11(15)12-20(2,18)19)14(17)9-6-4-3-5-8(9)13(7)16/h3-6H,1-2H3,(H,12,15). The maximum Gasteiger partial charge on any atom is 0.347 e. The van der Waals surface area contributed by atoms with Crippen LogP contribution >= 0.6 is 0 Å². The zero-order valence-corrected chi connectivity index (χ0v) is 11.5. The van der Waals surface area contributed by atoms with Gasteiger partial charge in [0.25, 0.3) is 5.52 Å². The van der Waals surface area contributed by atoms with Crippen LogP contribution in [0.25, 0.3) is 11.0 Å². The second kappa shape index (κ2) is 4.60. The Bertz CT molecular complexity index is 869. The number of nitrogens with zero attached hydrogens (tertiary/aromatic N) is 2. The van der Waals surface area contributed by atoms with Crippen molar-refractivity contribution in [1.82, 2.24) is 9.45 Å². The van der Waals surface area contributed by atoms with Crippen molar-refractivity contribution in [2.75, 3.05) is 6.26 Å².